The number of carbonyl (C=O) groups is 1. The molecule has 0 heterocycles. The highest BCUT2D eigenvalue weighted by molar-refractivity contribution is 5.78. The van der Waals surface area contributed by atoms with Gasteiger partial charge < -0.3 is 9.84 Å². The minimum absolute atomic E-state index is 0.480. The Bertz CT molecular complexity index is 445. The summed E-state index contributed by atoms with van der Waals surface area (Å²) in [6.07, 6.45) is 1.41. The van der Waals surface area contributed by atoms with E-state index >= 15 is 0 Å². The molecule has 0 aromatic heterocycles. The third-order valence-electron chi connectivity index (χ3n) is 3.33. The van der Waals surface area contributed by atoms with Gasteiger partial charge in [0, 0.05) is 12.1 Å². The second kappa shape index (κ2) is 6.57. The molecule has 0 aliphatic heterocycles. The molecule has 1 atom stereocenters. The van der Waals surface area contributed by atoms with Gasteiger partial charge in [0.25, 0.3) is 0 Å². The highest BCUT2D eigenvalue weighted by Crippen LogP contribution is 2.21. The molecule has 4 nitrogen and oxygen atoms in total. The molecular formula is C15H23NO3. The maximum Gasteiger partial charge on any atom is 0.323 e. The Morgan fingerprint density at radius 3 is 2.68 bits per heavy atom. The molecule has 1 aromatic carbocycles. The Labute approximate surface area is 114 Å². The summed E-state index contributed by atoms with van der Waals surface area (Å²) < 4.78 is 5.30. The Morgan fingerprint density at radius 2 is 2.16 bits per heavy atom. The van der Waals surface area contributed by atoms with Gasteiger partial charge in [-0.3, -0.25) is 10.1 Å². The summed E-state index contributed by atoms with van der Waals surface area (Å²) in [4.78, 5) is 11.4. The third-order valence-corrected chi connectivity index (χ3v) is 3.33. The lowest BCUT2D eigenvalue weighted by atomic mass is 9.95. The molecule has 0 fully saturated rings. The molecule has 1 rings (SSSR count). The Kier molecular flexibility index (Phi) is 5.36. The monoisotopic (exact) mass is 265 g/mol. The fourth-order valence-corrected chi connectivity index (χ4v) is 2.11. The van der Waals surface area contributed by atoms with Crippen molar-refractivity contribution in [2.75, 3.05) is 7.11 Å². The van der Waals surface area contributed by atoms with Crippen molar-refractivity contribution in [2.24, 2.45) is 0 Å². The van der Waals surface area contributed by atoms with Crippen LogP contribution in [0.2, 0.25) is 0 Å². The first kappa shape index (κ1) is 15.5. The topological polar surface area (TPSA) is 58.6 Å². The van der Waals surface area contributed by atoms with E-state index in [1.54, 1.807) is 14.0 Å². The fraction of sp³-hybridized carbons (Fsp3) is 0.533. The predicted molar refractivity (Wildman–Crippen MR) is 75.5 cm³/mol. The number of ether oxygens (including phenoxy) is 1. The lowest BCUT2D eigenvalue weighted by molar-refractivity contribution is -0.144. The summed E-state index contributed by atoms with van der Waals surface area (Å²) >= 11 is 0. The van der Waals surface area contributed by atoms with Crippen LogP contribution in [0.15, 0.2) is 18.2 Å². The summed E-state index contributed by atoms with van der Waals surface area (Å²) in [5, 5.41) is 12.5. The van der Waals surface area contributed by atoms with Crippen molar-refractivity contribution < 1.29 is 14.6 Å². The molecule has 4 heteroatoms. The minimum atomic E-state index is -0.899. The lowest BCUT2D eigenvalue weighted by Crippen LogP contribution is -2.48. The average Bonchev–Trinajstić information content (AvgIpc) is 2.36. The highest BCUT2D eigenvalue weighted by Gasteiger charge is 2.31. The first-order valence-electron chi connectivity index (χ1n) is 6.55. The van der Waals surface area contributed by atoms with Crippen LogP contribution in [0.4, 0.5) is 0 Å². The summed E-state index contributed by atoms with van der Waals surface area (Å²) in [6.45, 7) is 6.19. The van der Waals surface area contributed by atoms with E-state index in [2.05, 4.69) is 5.32 Å². The zero-order chi connectivity index (χ0) is 14.5. The Morgan fingerprint density at radius 1 is 1.47 bits per heavy atom. The highest BCUT2D eigenvalue weighted by atomic mass is 16.5. The van der Waals surface area contributed by atoms with Gasteiger partial charge in [0.15, 0.2) is 0 Å². The van der Waals surface area contributed by atoms with E-state index in [1.165, 1.54) is 0 Å². The van der Waals surface area contributed by atoms with Crippen molar-refractivity contribution in [3.05, 3.63) is 29.3 Å². The Hall–Kier alpha value is -1.55. The maximum absolute atomic E-state index is 11.4. The van der Waals surface area contributed by atoms with Crippen LogP contribution >= 0.6 is 0 Å². The second-order valence-corrected chi connectivity index (χ2v) is 5.06. The third kappa shape index (κ3) is 3.96. The van der Waals surface area contributed by atoms with Gasteiger partial charge in [-0.05, 0) is 26.3 Å². The van der Waals surface area contributed by atoms with Crippen molar-refractivity contribution in [3.8, 4) is 5.75 Å². The molecule has 0 saturated heterocycles. The molecule has 0 aliphatic rings. The van der Waals surface area contributed by atoms with Crippen molar-refractivity contribution in [2.45, 2.75) is 45.7 Å². The normalized spacial score (nSPS) is 13.9. The average molecular weight is 265 g/mol. The van der Waals surface area contributed by atoms with Crippen LogP contribution in [-0.4, -0.2) is 23.7 Å². The van der Waals surface area contributed by atoms with Crippen molar-refractivity contribution in [3.63, 3.8) is 0 Å². The summed E-state index contributed by atoms with van der Waals surface area (Å²) in [6, 6.07) is 5.90. The van der Waals surface area contributed by atoms with Gasteiger partial charge in [0.2, 0.25) is 0 Å². The van der Waals surface area contributed by atoms with Gasteiger partial charge >= 0.3 is 5.97 Å². The molecular weight excluding hydrogens is 242 g/mol. The summed E-state index contributed by atoms with van der Waals surface area (Å²) in [5.74, 6) is -0.0386. The van der Waals surface area contributed by atoms with Gasteiger partial charge in [0.05, 0.1) is 7.11 Å². The van der Waals surface area contributed by atoms with E-state index in [0.717, 1.165) is 23.3 Å². The van der Waals surface area contributed by atoms with E-state index < -0.39 is 11.5 Å². The van der Waals surface area contributed by atoms with Crippen LogP contribution < -0.4 is 10.1 Å². The van der Waals surface area contributed by atoms with E-state index in [1.807, 2.05) is 32.0 Å². The maximum atomic E-state index is 11.4. The number of benzene rings is 1. The number of methoxy groups -OCH3 is 1. The molecule has 0 spiro atoms. The van der Waals surface area contributed by atoms with E-state index in [9.17, 15) is 9.90 Å². The van der Waals surface area contributed by atoms with Crippen molar-refractivity contribution in [1.82, 2.24) is 5.32 Å². The lowest BCUT2D eigenvalue weighted by Gasteiger charge is -2.26. The van der Waals surface area contributed by atoms with Crippen molar-refractivity contribution >= 4 is 5.97 Å². The quantitative estimate of drug-likeness (QED) is 0.796. The van der Waals surface area contributed by atoms with Gasteiger partial charge in [0.1, 0.15) is 11.3 Å². The number of aryl methyl sites for hydroxylation is 1. The van der Waals surface area contributed by atoms with Crippen LogP contribution in [-0.2, 0) is 11.3 Å². The van der Waals surface area contributed by atoms with Crippen LogP contribution in [0.1, 0.15) is 37.8 Å². The van der Waals surface area contributed by atoms with Gasteiger partial charge in [-0.1, -0.05) is 31.0 Å². The standard InChI is InChI=1S/C15H23NO3/c1-5-8-15(3,14(17)18)16-10-12-9-11(2)6-7-13(12)19-4/h6-7,9,16H,5,8,10H2,1-4H3,(H,17,18). The van der Waals surface area contributed by atoms with Gasteiger partial charge in [-0.2, -0.15) is 0 Å². The Balaban J connectivity index is 2.85. The number of aliphatic carboxylic acids is 1. The molecule has 0 aliphatic carbocycles. The molecule has 2 N–H and O–H groups in total. The fourth-order valence-electron chi connectivity index (χ4n) is 2.11. The molecule has 0 bridgehead atoms. The van der Waals surface area contributed by atoms with Crippen LogP contribution in [0.5, 0.6) is 5.75 Å². The largest absolute Gasteiger partial charge is 0.496 e. The summed E-state index contributed by atoms with van der Waals surface area (Å²) in [5.41, 5.74) is 1.21. The number of rotatable bonds is 7. The first-order chi connectivity index (χ1) is 8.92. The molecule has 1 aromatic rings. The van der Waals surface area contributed by atoms with Crippen molar-refractivity contribution in [1.29, 1.82) is 0 Å². The zero-order valence-electron chi connectivity index (χ0n) is 12.1. The zero-order valence-corrected chi connectivity index (χ0v) is 12.1. The molecule has 19 heavy (non-hydrogen) atoms. The van der Waals surface area contributed by atoms with Crippen LogP contribution in [0.3, 0.4) is 0 Å². The predicted octanol–water partition coefficient (Wildman–Crippen LogP) is 2.74. The number of hydrogen-bond acceptors (Lipinski definition) is 3. The van der Waals surface area contributed by atoms with E-state index in [-0.39, 0.29) is 0 Å². The number of nitrogens with one attached hydrogen (secondary N) is 1. The number of carboxylic acids is 1. The molecule has 0 saturated carbocycles. The smallest absolute Gasteiger partial charge is 0.323 e. The molecule has 0 amide bonds. The molecule has 1 unspecified atom stereocenters. The first-order valence-corrected chi connectivity index (χ1v) is 6.55. The van der Waals surface area contributed by atoms with Gasteiger partial charge in [-0.25, -0.2) is 0 Å². The number of hydrogen-bond donors (Lipinski definition) is 2. The van der Waals surface area contributed by atoms with Crippen LogP contribution in [0, 0.1) is 6.92 Å². The minimum Gasteiger partial charge on any atom is -0.496 e. The van der Waals surface area contributed by atoms with E-state index in [4.69, 9.17) is 4.74 Å². The molecule has 0 radical (unpaired) electrons. The van der Waals surface area contributed by atoms with E-state index in [0.29, 0.717) is 13.0 Å². The molecule has 106 valence electrons. The SMILES string of the molecule is CCCC(C)(NCc1cc(C)ccc1OC)C(=O)O. The van der Waals surface area contributed by atoms with Crippen LogP contribution in [0.25, 0.3) is 0 Å². The number of carboxylic acid groups (broad SMARTS) is 1. The second-order valence-electron chi connectivity index (χ2n) is 5.06. The summed E-state index contributed by atoms with van der Waals surface area (Å²) in [7, 11) is 1.62. The van der Waals surface area contributed by atoms with Gasteiger partial charge in [-0.15, -0.1) is 0 Å².